The van der Waals surface area contributed by atoms with Crippen LogP contribution in [0.5, 0.6) is 0 Å². The van der Waals surface area contributed by atoms with Crippen molar-refractivity contribution in [3.63, 3.8) is 0 Å². The molecular formula is C9H13N5OS. The quantitative estimate of drug-likeness (QED) is 0.340. The van der Waals surface area contributed by atoms with E-state index in [1.807, 2.05) is 18.4 Å². The standard InChI is InChI=1S/C9H13N5OS/c1-6-2-5-16-8(6)7(9(10)15)12-3-4-13-14-11/h2,5,7,12H,3-4H2,1H3,(H2,10,15). The number of nitrogens with one attached hydrogen (secondary N) is 1. The number of nitrogens with zero attached hydrogens (tertiary/aromatic N) is 3. The van der Waals surface area contributed by atoms with E-state index < -0.39 is 11.9 Å². The summed E-state index contributed by atoms with van der Waals surface area (Å²) >= 11 is 1.48. The fourth-order valence-electron chi connectivity index (χ4n) is 1.31. The maximum Gasteiger partial charge on any atom is 0.240 e. The molecule has 7 heteroatoms. The molecule has 6 nitrogen and oxygen atoms in total. The number of thiophene rings is 1. The molecule has 0 aliphatic carbocycles. The molecule has 1 aromatic rings. The predicted molar refractivity (Wildman–Crippen MR) is 63.0 cm³/mol. The highest BCUT2D eigenvalue weighted by Gasteiger charge is 2.19. The van der Waals surface area contributed by atoms with Crippen LogP contribution in [0, 0.1) is 6.92 Å². The highest BCUT2D eigenvalue weighted by Crippen LogP contribution is 2.23. The van der Waals surface area contributed by atoms with Gasteiger partial charge in [-0.15, -0.1) is 11.3 Å². The van der Waals surface area contributed by atoms with Crippen molar-refractivity contribution in [1.82, 2.24) is 5.32 Å². The van der Waals surface area contributed by atoms with Gasteiger partial charge < -0.3 is 11.1 Å². The van der Waals surface area contributed by atoms with Crippen LogP contribution in [-0.4, -0.2) is 19.0 Å². The Morgan fingerprint density at radius 2 is 2.56 bits per heavy atom. The van der Waals surface area contributed by atoms with E-state index in [0.717, 1.165) is 10.4 Å². The largest absolute Gasteiger partial charge is 0.368 e. The van der Waals surface area contributed by atoms with Crippen molar-refractivity contribution in [2.75, 3.05) is 13.1 Å². The van der Waals surface area contributed by atoms with E-state index in [-0.39, 0.29) is 0 Å². The first-order valence-corrected chi connectivity index (χ1v) is 5.62. The first-order valence-electron chi connectivity index (χ1n) is 4.74. The molecule has 0 aliphatic rings. The Labute approximate surface area is 97.1 Å². The highest BCUT2D eigenvalue weighted by atomic mass is 32.1. The van der Waals surface area contributed by atoms with Crippen LogP contribution in [0.1, 0.15) is 16.5 Å². The summed E-state index contributed by atoms with van der Waals surface area (Å²) in [6.45, 7) is 2.65. The molecule has 0 saturated heterocycles. The van der Waals surface area contributed by atoms with Gasteiger partial charge in [-0.2, -0.15) is 0 Å². The Hall–Kier alpha value is -1.56. The Kier molecular flexibility index (Phi) is 4.78. The third-order valence-electron chi connectivity index (χ3n) is 2.07. The fourth-order valence-corrected chi connectivity index (χ4v) is 2.31. The smallest absolute Gasteiger partial charge is 0.240 e. The zero-order valence-corrected chi connectivity index (χ0v) is 9.70. The van der Waals surface area contributed by atoms with Gasteiger partial charge in [0.25, 0.3) is 0 Å². The van der Waals surface area contributed by atoms with Crippen molar-refractivity contribution in [3.05, 3.63) is 32.3 Å². The SMILES string of the molecule is Cc1ccsc1C(NCCN=[N+]=[N-])C(N)=O. The van der Waals surface area contributed by atoms with Gasteiger partial charge in [0.05, 0.1) is 0 Å². The van der Waals surface area contributed by atoms with Gasteiger partial charge in [-0.05, 0) is 29.5 Å². The average molecular weight is 239 g/mol. The third-order valence-corrected chi connectivity index (χ3v) is 3.16. The summed E-state index contributed by atoms with van der Waals surface area (Å²) in [5, 5.41) is 8.26. The molecule has 3 N–H and O–H groups in total. The topological polar surface area (TPSA) is 104 Å². The third kappa shape index (κ3) is 3.23. The minimum atomic E-state index is -0.506. The molecule has 0 bridgehead atoms. The Bertz CT molecular complexity index is 410. The van der Waals surface area contributed by atoms with Crippen LogP contribution < -0.4 is 11.1 Å². The fraction of sp³-hybridized carbons (Fsp3) is 0.444. The van der Waals surface area contributed by atoms with Crippen LogP contribution in [0.3, 0.4) is 0 Å². The van der Waals surface area contributed by atoms with E-state index >= 15 is 0 Å². The number of carbonyl (C=O) groups excluding carboxylic acids is 1. The van der Waals surface area contributed by atoms with Gasteiger partial charge in [0.2, 0.25) is 5.91 Å². The number of primary amides is 1. The van der Waals surface area contributed by atoms with Crippen LogP contribution in [0.25, 0.3) is 10.4 Å². The van der Waals surface area contributed by atoms with Crippen molar-refractivity contribution in [2.45, 2.75) is 13.0 Å². The first kappa shape index (κ1) is 12.5. The van der Waals surface area contributed by atoms with E-state index in [2.05, 4.69) is 15.3 Å². The lowest BCUT2D eigenvalue weighted by Crippen LogP contribution is -2.34. The summed E-state index contributed by atoms with van der Waals surface area (Å²) in [6.07, 6.45) is 0. The maximum absolute atomic E-state index is 11.3. The zero-order valence-electron chi connectivity index (χ0n) is 8.88. The molecule has 0 saturated carbocycles. The second-order valence-corrected chi connectivity index (χ2v) is 4.16. The summed E-state index contributed by atoms with van der Waals surface area (Å²) in [6, 6.07) is 1.43. The minimum Gasteiger partial charge on any atom is -0.368 e. The average Bonchev–Trinajstić information content (AvgIpc) is 2.64. The van der Waals surface area contributed by atoms with E-state index in [1.165, 1.54) is 11.3 Å². The predicted octanol–water partition coefficient (Wildman–Crippen LogP) is 1.48. The molecule has 1 atom stereocenters. The lowest BCUT2D eigenvalue weighted by molar-refractivity contribution is -0.120. The monoisotopic (exact) mass is 239 g/mol. The lowest BCUT2D eigenvalue weighted by atomic mass is 10.1. The van der Waals surface area contributed by atoms with Crippen molar-refractivity contribution in [1.29, 1.82) is 0 Å². The van der Waals surface area contributed by atoms with Gasteiger partial charge in [-0.3, -0.25) is 4.79 Å². The Balaban J connectivity index is 2.65. The van der Waals surface area contributed by atoms with Crippen LogP contribution in [0.15, 0.2) is 16.6 Å². The van der Waals surface area contributed by atoms with Crippen molar-refractivity contribution in [3.8, 4) is 0 Å². The number of nitrogens with two attached hydrogens (primary N) is 1. The molecule has 1 aromatic heterocycles. The normalized spacial score (nSPS) is 11.8. The summed E-state index contributed by atoms with van der Waals surface area (Å²) in [7, 11) is 0. The second kappa shape index (κ2) is 6.12. The second-order valence-electron chi connectivity index (χ2n) is 3.21. The number of amides is 1. The molecule has 1 amide bonds. The molecule has 86 valence electrons. The van der Waals surface area contributed by atoms with E-state index in [9.17, 15) is 4.79 Å². The van der Waals surface area contributed by atoms with Crippen LogP contribution in [0.4, 0.5) is 0 Å². The van der Waals surface area contributed by atoms with Gasteiger partial charge >= 0.3 is 0 Å². The van der Waals surface area contributed by atoms with Gasteiger partial charge in [-0.25, -0.2) is 0 Å². The highest BCUT2D eigenvalue weighted by molar-refractivity contribution is 7.10. The van der Waals surface area contributed by atoms with Gasteiger partial charge in [0.15, 0.2) is 0 Å². The number of hydrogen-bond donors (Lipinski definition) is 2. The number of carbonyl (C=O) groups is 1. The first-order chi connectivity index (χ1) is 7.66. The molecule has 0 spiro atoms. The molecule has 16 heavy (non-hydrogen) atoms. The van der Waals surface area contributed by atoms with Crippen molar-refractivity contribution in [2.24, 2.45) is 10.8 Å². The number of hydrogen-bond acceptors (Lipinski definition) is 4. The van der Waals surface area contributed by atoms with E-state index in [0.29, 0.717) is 13.1 Å². The molecule has 0 radical (unpaired) electrons. The zero-order chi connectivity index (χ0) is 12.0. The minimum absolute atomic E-state index is 0.296. The number of azide groups is 1. The molecule has 1 heterocycles. The molecule has 1 unspecified atom stereocenters. The summed E-state index contributed by atoms with van der Waals surface area (Å²) in [5.74, 6) is -0.425. The summed E-state index contributed by atoms with van der Waals surface area (Å²) in [4.78, 5) is 14.8. The number of aryl methyl sites for hydroxylation is 1. The molecule has 0 aromatic carbocycles. The van der Waals surface area contributed by atoms with Crippen molar-refractivity contribution < 1.29 is 4.79 Å². The molecule has 1 rings (SSSR count). The molecule has 0 aliphatic heterocycles. The molecular weight excluding hydrogens is 226 g/mol. The Morgan fingerprint density at radius 3 is 3.06 bits per heavy atom. The van der Waals surface area contributed by atoms with Crippen LogP contribution in [0.2, 0.25) is 0 Å². The van der Waals surface area contributed by atoms with Crippen LogP contribution >= 0.6 is 11.3 Å². The van der Waals surface area contributed by atoms with Crippen molar-refractivity contribution >= 4 is 17.2 Å². The maximum atomic E-state index is 11.3. The summed E-state index contributed by atoms with van der Waals surface area (Å²) < 4.78 is 0. The Morgan fingerprint density at radius 1 is 1.81 bits per heavy atom. The van der Waals surface area contributed by atoms with Crippen LogP contribution in [-0.2, 0) is 4.79 Å². The molecule has 0 fully saturated rings. The summed E-state index contributed by atoms with van der Waals surface area (Å²) in [5.41, 5.74) is 14.5. The van der Waals surface area contributed by atoms with Gasteiger partial charge in [0.1, 0.15) is 6.04 Å². The van der Waals surface area contributed by atoms with Gasteiger partial charge in [0, 0.05) is 22.9 Å². The van der Waals surface area contributed by atoms with Gasteiger partial charge in [-0.1, -0.05) is 5.11 Å². The number of rotatable bonds is 6. The lowest BCUT2D eigenvalue weighted by Gasteiger charge is -2.14. The van der Waals surface area contributed by atoms with E-state index in [1.54, 1.807) is 0 Å². The van der Waals surface area contributed by atoms with E-state index in [4.69, 9.17) is 11.3 Å².